The summed E-state index contributed by atoms with van der Waals surface area (Å²) >= 11 is 1.54. The topological polar surface area (TPSA) is 57.9 Å². The zero-order valence-corrected chi connectivity index (χ0v) is 20.8. The van der Waals surface area contributed by atoms with Crippen LogP contribution < -0.4 is 9.62 Å². The van der Waals surface area contributed by atoms with Crippen molar-refractivity contribution in [3.63, 3.8) is 0 Å². The first-order valence-electron chi connectivity index (χ1n) is 11.2. The summed E-state index contributed by atoms with van der Waals surface area (Å²) in [6.45, 7) is 3.25. The van der Waals surface area contributed by atoms with Gasteiger partial charge < -0.3 is 9.15 Å². The van der Waals surface area contributed by atoms with Crippen LogP contribution in [0.4, 0.5) is 13.2 Å². The van der Waals surface area contributed by atoms with Crippen LogP contribution in [0.3, 0.4) is 0 Å². The highest BCUT2D eigenvalue weighted by Crippen LogP contribution is 2.35. The number of halogens is 3. The molecule has 0 unspecified atom stereocenters. The lowest BCUT2D eigenvalue weighted by atomic mass is 10.1. The van der Waals surface area contributed by atoms with Crippen molar-refractivity contribution < 1.29 is 36.9 Å². The van der Waals surface area contributed by atoms with Crippen LogP contribution in [-0.4, -0.2) is 5.97 Å². The molecule has 37 heavy (non-hydrogen) atoms. The first-order valence-corrected chi connectivity index (χ1v) is 12.2. The number of benzene rings is 3. The molecule has 0 bridgehead atoms. The molecular formula is C28H23F3O5S. The summed E-state index contributed by atoms with van der Waals surface area (Å²) in [4.78, 5) is 21.5. The van der Waals surface area contributed by atoms with Crippen LogP contribution in [0.5, 0.6) is 11.5 Å². The molecule has 192 valence electrons. The van der Waals surface area contributed by atoms with Gasteiger partial charge in [-0.15, -0.1) is 11.8 Å². The predicted octanol–water partition coefficient (Wildman–Crippen LogP) is 8.00. The minimum absolute atomic E-state index is 0.161. The van der Waals surface area contributed by atoms with E-state index in [0.29, 0.717) is 34.3 Å². The van der Waals surface area contributed by atoms with Crippen molar-refractivity contribution in [3.8, 4) is 22.8 Å². The highest BCUT2D eigenvalue weighted by molar-refractivity contribution is 7.98. The largest absolute Gasteiger partial charge is 0.486 e. The number of thioether (sulfide) groups is 1. The van der Waals surface area contributed by atoms with Crippen molar-refractivity contribution in [1.29, 1.82) is 0 Å². The summed E-state index contributed by atoms with van der Waals surface area (Å²) in [5.41, 5.74) is 1.46. The summed E-state index contributed by atoms with van der Waals surface area (Å²) < 4.78 is 50.8. The number of hydrogen-bond donors (Lipinski definition) is 0. The summed E-state index contributed by atoms with van der Waals surface area (Å²) in [7, 11) is 0. The maximum absolute atomic E-state index is 13.0. The average Bonchev–Trinajstić information content (AvgIpc) is 3.29. The number of aryl methyl sites for hydroxylation is 1. The number of ether oxygens (including phenoxy) is 1. The van der Waals surface area contributed by atoms with Crippen LogP contribution in [-0.2, 0) is 28.2 Å². The monoisotopic (exact) mass is 528 g/mol. The van der Waals surface area contributed by atoms with Crippen molar-refractivity contribution in [2.75, 3.05) is 0 Å². The lowest BCUT2D eigenvalue weighted by molar-refractivity contribution is -0.211. The molecule has 0 aliphatic rings. The third-order valence-corrected chi connectivity index (χ3v) is 6.34. The van der Waals surface area contributed by atoms with E-state index in [9.17, 15) is 18.0 Å². The molecule has 0 atom stereocenters. The Hall–Kier alpha value is -3.85. The Bertz CT molecular complexity index is 1350. The van der Waals surface area contributed by atoms with Gasteiger partial charge in [0.1, 0.15) is 23.9 Å². The standard InChI is InChI=1S/C28H23F3O5S/c1-18-14-24(12-13-25(18)36-35-19(2)32)37-17-21-15-26(20-8-10-22(11-9-20)28(29,30)31)34-27(21)16-33-23-6-4-3-5-7-23/h3-15H,16-17H2,1-2H3. The normalized spacial score (nSPS) is 11.3. The first-order chi connectivity index (χ1) is 17.7. The molecule has 0 spiro atoms. The molecule has 5 nitrogen and oxygen atoms in total. The molecule has 1 aromatic heterocycles. The van der Waals surface area contributed by atoms with Gasteiger partial charge in [-0.2, -0.15) is 13.2 Å². The fourth-order valence-electron chi connectivity index (χ4n) is 3.41. The van der Waals surface area contributed by atoms with E-state index in [2.05, 4.69) is 4.89 Å². The van der Waals surface area contributed by atoms with Crippen LogP contribution in [0.25, 0.3) is 11.3 Å². The minimum atomic E-state index is -4.41. The van der Waals surface area contributed by atoms with Crippen LogP contribution >= 0.6 is 11.8 Å². The fourth-order valence-corrected chi connectivity index (χ4v) is 4.40. The smallest absolute Gasteiger partial charge is 0.416 e. The van der Waals surface area contributed by atoms with E-state index in [-0.39, 0.29) is 6.61 Å². The van der Waals surface area contributed by atoms with Gasteiger partial charge in [-0.25, -0.2) is 4.79 Å². The molecule has 9 heteroatoms. The second-order valence-corrected chi connectivity index (χ2v) is 9.16. The second-order valence-electron chi connectivity index (χ2n) is 8.11. The van der Waals surface area contributed by atoms with Gasteiger partial charge in [0.15, 0.2) is 5.75 Å². The van der Waals surface area contributed by atoms with Crippen molar-refractivity contribution in [2.24, 2.45) is 0 Å². The SMILES string of the molecule is CC(=O)OOc1ccc(SCc2cc(-c3ccc(C(F)(F)F)cc3)oc2COc2ccccc2)cc1C. The summed E-state index contributed by atoms with van der Waals surface area (Å²) in [5.74, 6) is 2.13. The third kappa shape index (κ3) is 7.10. The zero-order chi connectivity index (χ0) is 26.4. The lowest BCUT2D eigenvalue weighted by Crippen LogP contribution is -2.03. The van der Waals surface area contributed by atoms with Crippen LogP contribution in [0.2, 0.25) is 0 Å². The molecular weight excluding hydrogens is 505 g/mol. The summed E-state index contributed by atoms with van der Waals surface area (Å²) in [6, 6.07) is 21.4. The molecule has 4 rings (SSSR count). The molecule has 4 aromatic rings. The van der Waals surface area contributed by atoms with Crippen LogP contribution in [0.15, 0.2) is 88.2 Å². The number of carbonyl (C=O) groups is 1. The second kappa shape index (κ2) is 11.5. The summed E-state index contributed by atoms with van der Waals surface area (Å²) in [5, 5.41) is 0. The van der Waals surface area contributed by atoms with Crippen LogP contribution in [0.1, 0.15) is 29.4 Å². The first kappa shape index (κ1) is 26.2. The number of furan rings is 1. The number of alkyl halides is 3. The van der Waals surface area contributed by atoms with Gasteiger partial charge in [0.2, 0.25) is 0 Å². The Morgan fingerprint density at radius 2 is 1.70 bits per heavy atom. The number of carbonyl (C=O) groups excluding carboxylic acids is 1. The number of para-hydroxylation sites is 1. The van der Waals surface area contributed by atoms with E-state index in [0.717, 1.165) is 28.2 Å². The Balaban J connectivity index is 1.53. The fraction of sp³-hybridized carbons (Fsp3) is 0.179. The van der Waals surface area contributed by atoms with Crippen LogP contribution in [0, 0.1) is 6.92 Å². The van der Waals surface area contributed by atoms with Gasteiger partial charge in [0.25, 0.3) is 0 Å². The van der Waals surface area contributed by atoms with Crippen molar-refractivity contribution in [2.45, 2.75) is 37.3 Å². The molecule has 0 amide bonds. The van der Waals surface area contributed by atoms with E-state index < -0.39 is 17.7 Å². The molecule has 0 aliphatic carbocycles. The molecule has 0 radical (unpaired) electrons. The molecule has 0 aliphatic heterocycles. The van der Waals surface area contributed by atoms with Gasteiger partial charge in [0, 0.05) is 28.7 Å². The number of rotatable bonds is 9. The summed E-state index contributed by atoms with van der Waals surface area (Å²) in [6.07, 6.45) is -4.41. The Morgan fingerprint density at radius 3 is 2.35 bits per heavy atom. The van der Waals surface area contributed by atoms with Crippen molar-refractivity contribution in [3.05, 3.63) is 101 Å². The van der Waals surface area contributed by atoms with E-state index in [1.54, 1.807) is 17.8 Å². The zero-order valence-electron chi connectivity index (χ0n) is 20.0. The van der Waals surface area contributed by atoms with E-state index in [1.807, 2.05) is 55.5 Å². The molecule has 0 N–H and O–H groups in total. The maximum Gasteiger partial charge on any atom is 0.416 e. The Kier molecular flexibility index (Phi) is 8.13. The Morgan fingerprint density at radius 1 is 0.973 bits per heavy atom. The van der Waals surface area contributed by atoms with E-state index in [1.165, 1.54) is 19.1 Å². The molecule has 0 saturated carbocycles. The average molecular weight is 529 g/mol. The highest BCUT2D eigenvalue weighted by atomic mass is 32.2. The van der Waals surface area contributed by atoms with E-state index in [4.69, 9.17) is 14.0 Å². The molecule has 0 saturated heterocycles. The molecule has 3 aromatic carbocycles. The Labute approximate surface area is 216 Å². The van der Waals surface area contributed by atoms with Crippen molar-refractivity contribution >= 4 is 17.7 Å². The minimum Gasteiger partial charge on any atom is -0.486 e. The lowest BCUT2D eigenvalue weighted by Gasteiger charge is -2.08. The predicted molar refractivity (Wildman–Crippen MR) is 133 cm³/mol. The van der Waals surface area contributed by atoms with Gasteiger partial charge >= 0.3 is 12.1 Å². The molecule has 1 heterocycles. The van der Waals surface area contributed by atoms with Gasteiger partial charge in [-0.05, 0) is 61.0 Å². The quantitative estimate of drug-likeness (QED) is 0.125. The third-order valence-electron chi connectivity index (χ3n) is 5.30. The number of hydrogen-bond acceptors (Lipinski definition) is 6. The van der Waals surface area contributed by atoms with Gasteiger partial charge in [-0.3, -0.25) is 9.78 Å². The maximum atomic E-state index is 13.0. The highest BCUT2D eigenvalue weighted by Gasteiger charge is 2.30. The van der Waals surface area contributed by atoms with Gasteiger partial charge in [0.05, 0.1) is 5.56 Å². The van der Waals surface area contributed by atoms with Gasteiger partial charge in [-0.1, -0.05) is 30.3 Å². The molecule has 0 fully saturated rings. The van der Waals surface area contributed by atoms with E-state index >= 15 is 0 Å². The van der Waals surface area contributed by atoms with Crippen molar-refractivity contribution in [1.82, 2.24) is 0 Å².